The van der Waals surface area contributed by atoms with Gasteiger partial charge in [0, 0.05) is 35.4 Å². The number of rotatable bonds is 10. The van der Waals surface area contributed by atoms with Crippen LogP contribution in [0.3, 0.4) is 0 Å². The third-order valence-electron chi connectivity index (χ3n) is 5.22. The van der Waals surface area contributed by atoms with Crippen LogP contribution in [0, 0.1) is 25.2 Å². The SMILES string of the molecule is C=C/C(C)=C(/C(=O)COCCC(=C)N)[C@H](c1ccc(C#N)cc1C)c1cc(C)c[nH]c1=O. The number of carbonyl (C=O) groups is 1. The molecular formula is C26H29N3O3. The molecule has 1 aromatic heterocycles. The number of H-pyrrole nitrogens is 1. The van der Waals surface area contributed by atoms with Crippen molar-refractivity contribution in [3.63, 3.8) is 0 Å². The summed E-state index contributed by atoms with van der Waals surface area (Å²) in [4.78, 5) is 29.0. The molecule has 0 saturated carbocycles. The molecule has 32 heavy (non-hydrogen) atoms. The van der Waals surface area contributed by atoms with Crippen molar-refractivity contribution in [1.29, 1.82) is 5.26 Å². The maximum Gasteiger partial charge on any atom is 0.252 e. The Labute approximate surface area is 188 Å². The fourth-order valence-electron chi connectivity index (χ4n) is 3.54. The number of aromatic nitrogens is 1. The Bertz CT molecular complexity index is 1170. The van der Waals surface area contributed by atoms with Crippen molar-refractivity contribution in [2.24, 2.45) is 5.73 Å². The summed E-state index contributed by atoms with van der Waals surface area (Å²) in [7, 11) is 0. The minimum Gasteiger partial charge on any atom is -0.402 e. The van der Waals surface area contributed by atoms with E-state index in [0.717, 1.165) is 16.7 Å². The van der Waals surface area contributed by atoms with Gasteiger partial charge >= 0.3 is 0 Å². The Morgan fingerprint density at radius 2 is 2.03 bits per heavy atom. The van der Waals surface area contributed by atoms with Gasteiger partial charge in [-0.25, -0.2) is 0 Å². The first-order valence-electron chi connectivity index (χ1n) is 10.3. The molecular weight excluding hydrogens is 402 g/mol. The molecule has 166 valence electrons. The average molecular weight is 432 g/mol. The number of nitrogens with zero attached hydrogens (tertiary/aromatic N) is 1. The van der Waals surface area contributed by atoms with Gasteiger partial charge in [-0.2, -0.15) is 5.26 Å². The first-order valence-corrected chi connectivity index (χ1v) is 10.3. The van der Waals surface area contributed by atoms with Gasteiger partial charge < -0.3 is 15.5 Å². The van der Waals surface area contributed by atoms with Gasteiger partial charge in [0.2, 0.25) is 0 Å². The number of allylic oxidation sites excluding steroid dienone is 2. The smallest absolute Gasteiger partial charge is 0.252 e. The number of ether oxygens (including phenoxy) is 1. The van der Waals surface area contributed by atoms with E-state index in [-0.39, 0.29) is 24.6 Å². The fraction of sp³-hybridized carbons (Fsp3) is 0.269. The van der Waals surface area contributed by atoms with Crippen LogP contribution in [0.1, 0.15) is 47.1 Å². The van der Waals surface area contributed by atoms with Crippen molar-refractivity contribution in [1.82, 2.24) is 4.98 Å². The lowest BCUT2D eigenvalue weighted by Gasteiger charge is -2.24. The Morgan fingerprint density at radius 1 is 1.31 bits per heavy atom. The molecule has 0 unspecified atom stereocenters. The van der Waals surface area contributed by atoms with Crippen LogP contribution < -0.4 is 11.3 Å². The zero-order valence-electron chi connectivity index (χ0n) is 18.8. The Kier molecular flexibility index (Phi) is 8.51. The van der Waals surface area contributed by atoms with Gasteiger partial charge in [0.15, 0.2) is 5.78 Å². The molecule has 0 spiro atoms. The van der Waals surface area contributed by atoms with E-state index in [9.17, 15) is 14.9 Å². The lowest BCUT2D eigenvalue weighted by Crippen LogP contribution is -2.25. The highest BCUT2D eigenvalue weighted by Gasteiger charge is 2.29. The maximum absolute atomic E-state index is 13.4. The molecule has 0 bridgehead atoms. The quantitative estimate of drug-likeness (QED) is 0.336. The molecule has 0 saturated heterocycles. The van der Waals surface area contributed by atoms with E-state index in [0.29, 0.717) is 34.4 Å². The molecule has 3 N–H and O–H groups in total. The van der Waals surface area contributed by atoms with Crippen molar-refractivity contribution < 1.29 is 9.53 Å². The van der Waals surface area contributed by atoms with Crippen molar-refractivity contribution >= 4 is 5.78 Å². The number of aryl methyl sites for hydroxylation is 2. The zero-order valence-corrected chi connectivity index (χ0v) is 18.8. The molecule has 0 aliphatic rings. The number of pyridine rings is 1. The van der Waals surface area contributed by atoms with E-state index in [1.165, 1.54) is 0 Å². The summed E-state index contributed by atoms with van der Waals surface area (Å²) in [5, 5.41) is 9.26. The minimum atomic E-state index is -0.648. The van der Waals surface area contributed by atoms with Gasteiger partial charge in [0.05, 0.1) is 18.2 Å². The minimum absolute atomic E-state index is 0.163. The van der Waals surface area contributed by atoms with Crippen LogP contribution in [0.5, 0.6) is 0 Å². The summed E-state index contributed by atoms with van der Waals surface area (Å²) < 4.78 is 5.54. The first-order chi connectivity index (χ1) is 15.2. The van der Waals surface area contributed by atoms with E-state index in [1.807, 2.05) is 13.8 Å². The normalized spacial score (nSPS) is 12.4. The lowest BCUT2D eigenvalue weighted by atomic mass is 9.79. The second kappa shape index (κ2) is 11.1. The first kappa shape index (κ1) is 24.6. The van der Waals surface area contributed by atoms with E-state index < -0.39 is 5.92 Å². The van der Waals surface area contributed by atoms with Crippen LogP contribution in [-0.4, -0.2) is 24.0 Å². The summed E-state index contributed by atoms with van der Waals surface area (Å²) in [6.07, 6.45) is 3.68. The second-order valence-corrected chi connectivity index (χ2v) is 7.76. The average Bonchev–Trinajstić information content (AvgIpc) is 2.76. The Morgan fingerprint density at radius 3 is 2.62 bits per heavy atom. The number of ketones is 1. The molecule has 6 heteroatoms. The molecule has 0 radical (unpaired) electrons. The van der Waals surface area contributed by atoms with Gasteiger partial charge in [-0.1, -0.05) is 25.3 Å². The van der Waals surface area contributed by atoms with E-state index in [1.54, 1.807) is 43.5 Å². The highest BCUT2D eigenvalue weighted by molar-refractivity contribution is 5.99. The van der Waals surface area contributed by atoms with Crippen LogP contribution >= 0.6 is 0 Å². The Balaban J connectivity index is 2.67. The van der Waals surface area contributed by atoms with Crippen molar-refractivity contribution in [3.8, 4) is 6.07 Å². The number of benzene rings is 1. The van der Waals surface area contributed by atoms with Crippen LogP contribution in [0.25, 0.3) is 0 Å². The molecule has 0 aliphatic carbocycles. The lowest BCUT2D eigenvalue weighted by molar-refractivity contribution is -0.120. The van der Waals surface area contributed by atoms with Gasteiger partial charge in [0.1, 0.15) is 6.61 Å². The molecule has 1 heterocycles. The number of nitrogens with one attached hydrogen (secondary N) is 1. The highest BCUT2D eigenvalue weighted by Crippen LogP contribution is 2.35. The predicted octanol–water partition coefficient (Wildman–Crippen LogP) is 3.95. The number of nitrogens with two attached hydrogens (primary N) is 1. The highest BCUT2D eigenvalue weighted by atomic mass is 16.5. The molecule has 2 rings (SSSR count). The third kappa shape index (κ3) is 5.93. The zero-order chi connectivity index (χ0) is 23.8. The van der Waals surface area contributed by atoms with Gasteiger partial charge in [-0.15, -0.1) is 0 Å². The van der Waals surface area contributed by atoms with Crippen molar-refractivity contribution in [2.75, 3.05) is 13.2 Å². The predicted molar refractivity (Wildman–Crippen MR) is 126 cm³/mol. The van der Waals surface area contributed by atoms with Gasteiger partial charge in [0.25, 0.3) is 5.56 Å². The number of nitriles is 1. The summed E-state index contributed by atoms with van der Waals surface area (Å²) >= 11 is 0. The largest absolute Gasteiger partial charge is 0.402 e. The third-order valence-corrected chi connectivity index (χ3v) is 5.22. The van der Waals surface area contributed by atoms with Crippen molar-refractivity contribution in [2.45, 2.75) is 33.1 Å². The number of aromatic amines is 1. The molecule has 0 aliphatic heterocycles. The number of hydrogen-bond donors (Lipinski definition) is 2. The Hall–Kier alpha value is -3.69. The number of carbonyl (C=O) groups excluding carboxylic acids is 1. The molecule has 2 aromatic rings. The van der Waals surface area contributed by atoms with Crippen molar-refractivity contribution in [3.05, 3.63) is 105 Å². The van der Waals surface area contributed by atoms with Crippen LogP contribution in [0.2, 0.25) is 0 Å². The maximum atomic E-state index is 13.4. The monoisotopic (exact) mass is 431 g/mol. The van der Waals surface area contributed by atoms with E-state index in [4.69, 9.17) is 10.5 Å². The second-order valence-electron chi connectivity index (χ2n) is 7.76. The van der Waals surface area contributed by atoms with Crippen LogP contribution in [0.15, 0.2) is 71.3 Å². The summed E-state index contributed by atoms with van der Waals surface area (Å²) in [5.41, 5.74) is 10.2. The fourth-order valence-corrected chi connectivity index (χ4v) is 3.54. The molecule has 6 nitrogen and oxygen atoms in total. The molecule has 0 fully saturated rings. The molecule has 1 aromatic carbocycles. The number of Topliss-reactive ketones (excluding diaryl/α,β-unsaturated/α-hetero) is 1. The summed E-state index contributed by atoms with van der Waals surface area (Å²) in [5.74, 6) is -0.898. The molecule has 0 amide bonds. The van der Waals surface area contributed by atoms with Gasteiger partial charge in [-0.05, 0) is 61.2 Å². The summed E-state index contributed by atoms with van der Waals surface area (Å²) in [6, 6.07) is 9.14. The summed E-state index contributed by atoms with van der Waals surface area (Å²) in [6.45, 7) is 13.1. The van der Waals surface area contributed by atoms with E-state index >= 15 is 0 Å². The molecule has 1 atom stereocenters. The van der Waals surface area contributed by atoms with Gasteiger partial charge in [-0.3, -0.25) is 9.59 Å². The van der Waals surface area contributed by atoms with Crippen LogP contribution in [0.4, 0.5) is 0 Å². The number of hydrogen-bond acceptors (Lipinski definition) is 5. The standard InChI is InChI=1S/C26H29N3O3/c1-6-17(3)24(23(30)15-32-10-9-19(5)28)25(22-11-16(2)14-29-26(22)31)21-8-7-20(13-27)12-18(21)4/h6-8,11-12,14,25H,1,5,9-10,15,28H2,2-4H3,(H,29,31)/b24-17-/t25-/m1/s1. The van der Waals surface area contributed by atoms with Crippen LogP contribution in [-0.2, 0) is 9.53 Å². The topological polar surface area (TPSA) is 109 Å². The van der Waals surface area contributed by atoms with E-state index in [2.05, 4.69) is 24.2 Å².